The second-order valence-corrected chi connectivity index (χ2v) is 6.78. The van der Waals surface area contributed by atoms with Gasteiger partial charge in [-0.2, -0.15) is 11.8 Å². The number of nitrogens with zero attached hydrogens (tertiary/aromatic N) is 3. The van der Waals surface area contributed by atoms with Gasteiger partial charge in [0, 0.05) is 48.5 Å². The van der Waals surface area contributed by atoms with E-state index < -0.39 is 0 Å². The third kappa shape index (κ3) is 6.61. The second-order valence-electron chi connectivity index (χ2n) is 4.72. The molecule has 0 fully saturated rings. The molecule has 0 atom stereocenters. The van der Waals surface area contributed by atoms with E-state index in [0.29, 0.717) is 0 Å². The van der Waals surface area contributed by atoms with Crippen molar-refractivity contribution >= 4 is 33.7 Å². The van der Waals surface area contributed by atoms with Gasteiger partial charge in [-0.05, 0) is 28.9 Å². The van der Waals surface area contributed by atoms with Crippen molar-refractivity contribution in [3.05, 3.63) is 35.1 Å². The van der Waals surface area contributed by atoms with Crippen molar-refractivity contribution in [2.75, 3.05) is 31.6 Å². The van der Waals surface area contributed by atoms with E-state index in [9.17, 15) is 0 Å². The quantitative estimate of drug-likeness (QED) is 0.329. The third-order valence-electron chi connectivity index (χ3n) is 2.90. The van der Waals surface area contributed by atoms with E-state index in [2.05, 4.69) is 75.6 Å². The van der Waals surface area contributed by atoms with E-state index in [-0.39, 0.29) is 0 Å². The van der Waals surface area contributed by atoms with E-state index >= 15 is 0 Å². The molecule has 0 saturated carbocycles. The molecule has 1 heterocycles. The zero-order valence-electron chi connectivity index (χ0n) is 13.1. The SMILES string of the molecule is C=CCSCCN=C(NCC)N(C)Cc1cc(Br)cn1C. The Morgan fingerprint density at radius 2 is 2.38 bits per heavy atom. The Bertz CT molecular complexity index is 470. The van der Waals surface area contributed by atoms with E-state index in [4.69, 9.17) is 0 Å². The van der Waals surface area contributed by atoms with Gasteiger partial charge in [-0.1, -0.05) is 6.08 Å². The van der Waals surface area contributed by atoms with Crippen molar-refractivity contribution in [2.45, 2.75) is 13.5 Å². The highest BCUT2D eigenvalue weighted by Crippen LogP contribution is 2.15. The molecule has 0 bridgehead atoms. The van der Waals surface area contributed by atoms with Gasteiger partial charge < -0.3 is 14.8 Å². The fourth-order valence-corrected chi connectivity index (χ4v) is 3.02. The molecule has 1 aromatic rings. The zero-order chi connectivity index (χ0) is 15.7. The molecule has 0 aromatic carbocycles. The molecule has 0 saturated heterocycles. The first kappa shape index (κ1) is 18.2. The number of hydrogen-bond donors (Lipinski definition) is 1. The van der Waals surface area contributed by atoms with Crippen LogP contribution in [-0.2, 0) is 13.6 Å². The molecule has 0 radical (unpaired) electrons. The Morgan fingerprint density at radius 3 is 2.95 bits per heavy atom. The number of halogens is 1. The predicted molar refractivity (Wildman–Crippen MR) is 98.1 cm³/mol. The topological polar surface area (TPSA) is 32.6 Å². The van der Waals surface area contributed by atoms with Crippen molar-refractivity contribution < 1.29 is 0 Å². The Balaban J connectivity index is 2.59. The maximum atomic E-state index is 4.67. The summed E-state index contributed by atoms with van der Waals surface area (Å²) in [7, 11) is 4.13. The number of aliphatic imine (C=N–C) groups is 1. The van der Waals surface area contributed by atoms with Crippen LogP contribution in [0.4, 0.5) is 0 Å². The van der Waals surface area contributed by atoms with Crippen LogP contribution in [0, 0.1) is 0 Å². The van der Waals surface area contributed by atoms with Crippen molar-refractivity contribution in [1.29, 1.82) is 0 Å². The molecule has 0 spiro atoms. The lowest BCUT2D eigenvalue weighted by Crippen LogP contribution is -2.39. The fourth-order valence-electron chi connectivity index (χ4n) is 1.89. The van der Waals surface area contributed by atoms with Crippen LogP contribution in [0.2, 0.25) is 0 Å². The summed E-state index contributed by atoms with van der Waals surface area (Å²) in [6.07, 6.45) is 4.00. The summed E-state index contributed by atoms with van der Waals surface area (Å²) in [6.45, 7) is 8.34. The van der Waals surface area contributed by atoms with Gasteiger partial charge in [0.25, 0.3) is 0 Å². The Morgan fingerprint density at radius 1 is 1.62 bits per heavy atom. The molecule has 0 aliphatic carbocycles. The zero-order valence-corrected chi connectivity index (χ0v) is 15.5. The van der Waals surface area contributed by atoms with Crippen LogP contribution in [-0.4, -0.2) is 47.1 Å². The lowest BCUT2D eigenvalue weighted by atomic mass is 10.4. The minimum absolute atomic E-state index is 0.821. The van der Waals surface area contributed by atoms with Crippen molar-refractivity contribution in [3.8, 4) is 0 Å². The molecule has 6 heteroatoms. The van der Waals surface area contributed by atoms with Gasteiger partial charge in [0.2, 0.25) is 0 Å². The Labute approximate surface area is 140 Å². The predicted octanol–water partition coefficient (Wildman–Crippen LogP) is 3.10. The highest BCUT2D eigenvalue weighted by Gasteiger charge is 2.09. The fraction of sp³-hybridized carbons (Fsp3) is 0.533. The van der Waals surface area contributed by atoms with Crippen molar-refractivity contribution in [1.82, 2.24) is 14.8 Å². The largest absolute Gasteiger partial charge is 0.357 e. The lowest BCUT2D eigenvalue weighted by molar-refractivity contribution is 0.462. The van der Waals surface area contributed by atoms with E-state index in [1.165, 1.54) is 5.69 Å². The Hall–Kier alpha value is -0.880. The summed E-state index contributed by atoms with van der Waals surface area (Å²) in [6, 6.07) is 2.14. The first-order valence-corrected chi connectivity index (χ1v) is 9.02. The Kier molecular flexibility index (Phi) is 8.61. The van der Waals surface area contributed by atoms with E-state index in [0.717, 1.165) is 41.6 Å². The molecule has 118 valence electrons. The molecule has 0 unspecified atom stereocenters. The monoisotopic (exact) mass is 372 g/mol. The highest BCUT2D eigenvalue weighted by atomic mass is 79.9. The van der Waals surface area contributed by atoms with Crippen LogP contribution in [0.3, 0.4) is 0 Å². The van der Waals surface area contributed by atoms with E-state index in [1.54, 1.807) is 0 Å². The van der Waals surface area contributed by atoms with Crippen LogP contribution in [0.25, 0.3) is 0 Å². The normalized spacial score (nSPS) is 11.5. The molecule has 0 aliphatic heterocycles. The van der Waals surface area contributed by atoms with Gasteiger partial charge in [0.1, 0.15) is 0 Å². The molecular formula is C15H25BrN4S. The average molecular weight is 373 g/mol. The second kappa shape index (κ2) is 9.95. The summed E-state index contributed by atoms with van der Waals surface area (Å²) in [5, 5.41) is 3.35. The molecule has 0 aliphatic rings. The average Bonchev–Trinajstić information content (AvgIpc) is 2.75. The highest BCUT2D eigenvalue weighted by molar-refractivity contribution is 9.10. The minimum Gasteiger partial charge on any atom is -0.357 e. The number of nitrogens with one attached hydrogen (secondary N) is 1. The first-order valence-electron chi connectivity index (χ1n) is 7.07. The van der Waals surface area contributed by atoms with Gasteiger partial charge in [0.15, 0.2) is 5.96 Å². The van der Waals surface area contributed by atoms with Crippen LogP contribution < -0.4 is 5.32 Å². The maximum Gasteiger partial charge on any atom is 0.194 e. The molecule has 1 rings (SSSR count). The number of guanidine groups is 1. The summed E-state index contributed by atoms with van der Waals surface area (Å²) >= 11 is 5.36. The van der Waals surface area contributed by atoms with Crippen LogP contribution in [0.1, 0.15) is 12.6 Å². The van der Waals surface area contributed by atoms with Gasteiger partial charge in [-0.25, -0.2) is 0 Å². The molecule has 1 N–H and O–H groups in total. The summed E-state index contributed by atoms with van der Waals surface area (Å²) in [4.78, 5) is 6.83. The third-order valence-corrected chi connectivity index (χ3v) is 4.28. The molecule has 0 amide bonds. The molecular weight excluding hydrogens is 348 g/mol. The molecule has 1 aromatic heterocycles. The molecule has 4 nitrogen and oxygen atoms in total. The number of aromatic nitrogens is 1. The first-order chi connectivity index (χ1) is 10.1. The van der Waals surface area contributed by atoms with E-state index in [1.807, 2.05) is 17.8 Å². The number of aryl methyl sites for hydroxylation is 1. The van der Waals surface area contributed by atoms with Gasteiger partial charge in [-0.3, -0.25) is 4.99 Å². The van der Waals surface area contributed by atoms with Gasteiger partial charge in [0.05, 0.1) is 13.1 Å². The molecule has 21 heavy (non-hydrogen) atoms. The maximum absolute atomic E-state index is 4.67. The van der Waals surface area contributed by atoms with Crippen LogP contribution in [0.5, 0.6) is 0 Å². The van der Waals surface area contributed by atoms with Crippen molar-refractivity contribution in [2.24, 2.45) is 12.0 Å². The summed E-state index contributed by atoms with van der Waals surface area (Å²) in [5.74, 6) is 2.96. The standard InChI is InChI=1S/C15H25BrN4S/c1-5-8-21-9-7-18-15(17-6-2)20(4)12-14-10-13(16)11-19(14)3/h5,10-11H,1,6-9,12H2,2-4H3,(H,17,18). The van der Waals surface area contributed by atoms with Gasteiger partial charge in [-0.15, -0.1) is 6.58 Å². The smallest absolute Gasteiger partial charge is 0.194 e. The number of rotatable bonds is 8. The van der Waals surface area contributed by atoms with Crippen LogP contribution in [0.15, 0.2) is 34.4 Å². The summed E-state index contributed by atoms with van der Waals surface area (Å²) in [5.41, 5.74) is 1.25. The number of hydrogen-bond acceptors (Lipinski definition) is 2. The van der Waals surface area contributed by atoms with Crippen LogP contribution >= 0.6 is 27.7 Å². The minimum atomic E-state index is 0.821. The number of thioether (sulfide) groups is 1. The summed E-state index contributed by atoms with van der Waals surface area (Å²) < 4.78 is 3.24. The van der Waals surface area contributed by atoms with Gasteiger partial charge >= 0.3 is 0 Å². The van der Waals surface area contributed by atoms with Crippen molar-refractivity contribution in [3.63, 3.8) is 0 Å². The lowest BCUT2D eigenvalue weighted by Gasteiger charge is -2.22.